The first kappa shape index (κ1) is 70.9. The van der Waals surface area contributed by atoms with Gasteiger partial charge < -0.3 is 37.6 Å². The van der Waals surface area contributed by atoms with Gasteiger partial charge in [-0.25, -0.2) is 0 Å². The van der Waals surface area contributed by atoms with Crippen molar-refractivity contribution in [1.29, 1.82) is 0 Å². The highest BCUT2D eigenvalue weighted by atomic mass is 16.3. The maximum Gasteiger partial charge on any atom is 0.135 e. The summed E-state index contributed by atoms with van der Waals surface area (Å²) < 4.78 is 17.3. The van der Waals surface area contributed by atoms with Crippen LogP contribution in [0.15, 0.2) is 470 Å². The van der Waals surface area contributed by atoms with E-state index in [4.69, 9.17) is 8.83 Å². The lowest BCUT2D eigenvalue weighted by molar-refractivity contribution is 0.668. The van der Waals surface area contributed by atoms with Crippen LogP contribution in [0.25, 0.3) is 143 Å². The predicted octanol–water partition coefficient (Wildman–Crippen LogP) is 32.2. The van der Waals surface area contributed by atoms with E-state index in [9.17, 15) is 0 Å². The Labute approximate surface area is 705 Å². The number of aromatic nitrogens is 2. The molecule has 0 aliphatic carbocycles. The average Bonchev–Trinajstić information content (AvgIpc) is 1.61. The molecule has 23 aromatic rings. The minimum Gasteiger partial charge on any atom is -0.456 e. The molecule has 0 atom stereocenters. The fourth-order valence-electron chi connectivity index (χ4n) is 18.2. The van der Waals surface area contributed by atoms with E-state index in [-0.39, 0.29) is 0 Å². The molecule has 574 valence electrons. The average molecular weight is 1560 g/mol. The third-order valence-electron chi connectivity index (χ3n) is 24.1. The molecule has 4 heterocycles. The van der Waals surface area contributed by atoms with Crippen molar-refractivity contribution >= 4 is 156 Å². The normalized spacial score (nSPS) is 11.6. The highest BCUT2D eigenvalue weighted by molar-refractivity contribution is 6.13. The van der Waals surface area contributed by atoms with Crippen LogP contribution in [0.1, 0.15) is 0 Å². The second-order valence-electron chi connectivity index (χ2n) is 31.2. The van der Waals surface area contributed by atoms with Crippen LogP contribution in [0.3, 0.4) is 0 Å². The number of anilines is 12. The minimum absolute atomic E-state index is 0.873. The van der Waals surface area contributed by atoms with Crippen molar-refractivity contribution in [3.05, 3.63) is 461 Å². The summed E-state index contributed by atoms with van der Waals surface area (Å²) in [5.41, 5.74) is 31.9. The molecule has 0 unspecified atom stereocenters. The van der Waals surface area contributed by atoms with Crippen molar-refractivity contribution in [2.45, 2.75) is 0 Å². The van der Waals surface area contributed by atoms with Gasteiger partial charge in [0.05, 0.1) is 22.1 Å². The van der Waals surface area contributed by atoms with Gasteiger partial charge in [-0.15, -0.1) is 0 Å². The van der Waals surface area contributed by atoms with E-state index in [0.717, 1.165) is 168 Å². The molecule has 23 rings (SSSR count). The monoisotopic (exact) mass is 1560 g/mol. The topological polar surface area (TPSA) is 49.1 Å². The summed E-state index contributed by atoms with van der Waals surface area (Å²) in [4.78, 5) is 9.42. The van der Waals surface area contributed by atoms with Crippen molar-refractivity contribution in [2.75, 3.05) is 19.6 Å². The molecule has 0 radical (unpaired) electrons. The maximum atomic E-state index is 6.30. The minimum atomic E-state index is 0.873. The van der Waals surface area contributed by atoms with Crippen molar-refractivity contribution in [3.63, 3.8) is 0 Å². The van der Waals surface area contributed by atoms with E-state index in [2.05, 4.69) is 466 Å². The summed E-state index contributed by atoms with van der Waals surface area (Å²) in [5, 5.41) is 9.30. The third-order valence-corrected chi connectivity index (χ3v) is 24.1. The second-order valence-corrected chi connectivity index (χ2v) is 31.2. The van der Waals surface area contributed by atoms with E-state index in [0.29, 0.717) is 0 Å². The second kappa shape index (κ2) is 29.9. The molecule has 4 aromatic heterocycles. The Morgan fingerprint density at radius 1 is 0.139 bits per heavy atom. The Kier molecular flexibility index (Phi) is 17.4. The van der Waals surface area contributed by atoms with Gasteiger partial charge in [-0.3, -0.25) is 0 Å². The van der Waals surface area contributed by atoms with E-state index in [1.54, 1.807) is 0 Å². The number of hydrogen-bond donors (Lipinski definition) is 0. The SMILES string of the molecule is c1ccc(N(c2ccc(-c3ccc4c(c3)c3ccccc3n4-c3ccccc3)cc2)c2ccc(N(c3ccc(-c4ccc5oc6ccccc6c5c4)cc3)c3ccc(N(c4ccc(-c5ccc6oc7ccccc7c6c5)cc4)c4ccc(N(c5ccccc5)c5ccc(-c6ccc7c(c6)c6ccccc6n7-c6ccccc6)cc5)cc4)cc3)cc2)cc1. The van der Waals surface area contributed by atoms with Crippen molar-refractivity contribution in [3.8, 4) is 55.9 Å². The number of furan rings is 2. The number of benzene rings is 19. The number of rotatable bonds is 18. The molecule has 122 heavy (non-hydrogen) atoms. The fourth-order valence-corrected chi connectivity index (χ4v) is 18.2. The molecule has 0 saturated carbocycles. The standard InChI is InChI=1S/C114H76N6O2/c1-5-21-85(22-6-1)115(89-49-37-77(38-50-89)81-45-69-109-103(73-81)99-29-13-17-33-107(99)119(109)87-25-9-3-10-26-87)93-57-61-95(62-58-93)117(91-53-41-79(42-54-91)83-47-71-113-105(75-83)101-31-15-19-35-111(101)121-113)97-65-67-98(68-66-97)118(92-55-43-80(44-56-92)84-48-72-114-106(76-84)102-32-16-20-36-112(102)122-114)96-63-59-94(60-64-96)116(86-23-7-2-8-24-86)90-51-39-78(40-52-90)82-46-70-110-104(74-82)100-30-14-18-34-108(100)120(110)88-27-11-4-12-28-88/h1-76H. The molecule has 19 aromatic carbocycles. The van der Waals surface area contributed by atoms with Crippen LogP contribution in [0, 0.1) is 0 Å². The van der Waals surface area contributed by atoms with Gasteiger partial charge in [0.1, 0.15) is 22.3 Å². The highest BCUT2D eigenvalue weighted by Gasteiger charge is 2.24. The van der Waals surface area contributed by atoms with E-state index >= 15 is 0 Å². The lowest BCUT2D eigenvalue weighted by Crippen LogP contribution is -2.13. The lowest BCUT2D eigenvalue weighted by atomic mass is 10.0. The third kappa shape index (κ3) is 12.6. The Balaban J connectivity index is 0.605. The quantitative estimate of drug-likeness (QED) is 0.0853. The maximum absolute atomic E-state index is 6.30. The first-order chi connectivity index (χ1) is 60.5. The van der Waals surface area contributed by atoms with Gasteiger partial charge in [-0.2, -0.15) is 0 Å². The highest BCUT2D eigenvalue weighted by Crippen LogP contribution is 2.47. The number of hydrogen-bond acceptors (Lipinski definition) is 6. The molecule has 8 heteroatoms. The zero-order valence-corrected chi connectivity index (χ0v) is 66.4. The molecule has 0 spiro atoms. The largest absolute Gasteiger partial charge is 0.456 e. The van der Waals surface area contributed by atoms with Gasteiger partial charge in [0.25, 0.3) is 0 Å². The van der Waals surface area contributed by atoms with Crippen LogP contribution in [0.4, 0.5) is 68.2 Å². The van der Waals surface area contributed by atoms with E-state index in [1.807, 2.05) is 24.3 Å². The number of nitrogens with zero attached hydrogens (tertiary/aromatic N) is 6. The lowest BCUT2D eigenvalue weighted by Gasteiger charge is -2.30. The molecule has 0 aliphatic rings. The Morgan fingerprint density at radius 2 is 0.344 bits per heavy atom. The predicted molar refractivity (Wildman–Crippen MR) is 510 cm³/mol. The summed E-state index contributed by atoms with van der Waals surface area (Å²) in [6.07, 6.45) is 0. The molecule has 0 aliphatic heterocycles. The molecule has 0 amide bonds. The summed E-state index contributed by atoms with van der Waals surface area (Å²) in [6, 6.07) is 166. The van der Waals surface area contributed by atoms with E-state index < -0.39 is 0 Å². The summed E-state index contributed by atoms with van der Waals surface area (Å²) in [6.45, 7) is 0. The van der Waals surface area contributed by atoms with Crippen molar-refractivity contribution in [1.82, 2.24) is 9.13 Å². The smallest absolute Gasteiger partial charge is 0.135 e. The molecular weight excluding hydrogens is 1490 g/mol. The van der Waals surface area contributed by atoms with Crippen molar-refractivity contribution < 1.29 is 8.83 Å². The summed E-state index contributed by atoms with van der Waals surface area (Å²) >= 11 is 0. The molecule has 0 fully saturated rings. The molecule has 0 bridgehead atoms. The number of fused-ring (bicyclic) bond motifs is 12. The van der Waals surface area contributed by atoms with Gasteiger partial charge in [0, 0.05) is 123 Å². The Bertz CT molecular complexity index is 7350. The number of para-hydroxylation sites is 8. The fraction of sp³-hybridized carbons (Fsp3) is 0. The summed E-state index contributed by atoms with van der Waals surface area (Å²) in [7, 11) is 0. The van der Waals surface area contributed by atoms with Crippen LogP contribution < -0.4 is 19.6 Å². The van der Waals surface area contributed by atoms with Crippen LogP contribution in [-0.2, 0) is 0 Å². The van der Waals surface area contributed by atoms with Gasteiger partial charge >= 0.3 is 0 Å². The molecular formula is C114H76N6O2. The first-order valence-electron chi connectivity index (χ1n) is 41.5. The van der Waals surface area contributed by atoms with Gasteiger partial charge in [-0.05, 0) is 287 Å². The zero-order chi connectivity index (χ0) is 80.6. The van der Waals surface area contributed by atoms with Crippen LogP contribution in [-0.4, -0.2) is 9.13 Å². The van der Waals surface area contributed by atoms with E-state index in [1.165, 1.54) is 43.6 Å². The Morgan fingerprint density at radius 3 is 0.648 bits per heavy atom. The van der Waals surface area contributed by atoms with Gasteiger partial charge in [0.2, 0.25) is 0 Å². The zero-order valence-electron chi connectivity index (χ0n) is 66.4. The molecule has 0 N–H and O–H groups in total. The van der Waals surface area contributed by atoms with Crippen LogP contribution in [0.2, 0.25) is 0 Å². The van der Waals surface area contributed by atoms with Gasteiger partial charge in [0.15, 0.2) is 0 Å². The molecule has 8 nitrogen and oxygen atoms in total. The summed E-state index contributed by atoms with van der Waals surface area (Å²) in [5.74, 6) is 0. The van der Waals surface area contributed by atoms with Crippen molar-refractivity contribution in [2.24, 2.45) is 0 Å². The van der Waals surface area contributed by atoms with Gasteiger partial charge in [-0.1, -0.05) is 218 Å². The Hall–Kier alpha value is -16.4. The van der Waals surface area contributed by atoms with Crippen LogP contribution >= 0.6 is 0 Å². The molecule has 0 saturated heterocycles. The first-order valence-corrected chi connectivity index (χ1v) is 41.5. The van der Waals surface area contributed by atoms with Crippen LogP contribution in [0.5, 0.6) is 0 Å².